The van der Waals surface area contributed by atoms with Gasteiger partial charge in [0.1, 0.15) is 5.58 Å². The molecule has 1 aromatic carbocycles. The summed E-state index contributed by atoms with van der Waals surface area (Å²) in [4.78, 5) is 4.06. The van der Waals surface area contributed by atoms with Crippen LogP contribution in [-0.4, -0.2) is 10.1 Å². The predicted molar refractivity (Wildman–Crippen MR) is 73.7 cm³/mol. The number of rotatable bonds is 4. The lowest BCUT2D eigenvalue weighted by molar-refractivity contribution is 0.282. The first-order valence-corrected chi connectivity index (χ1v) is 6.10. The smallest absolute Gasteiger partial charge is 0.133 e. The van der Waals surface area contributed by atoms with Crippen LogP contribution in [0.1, 0.15) is 11.1 Å². The molecule has 4 nitrogen and oxygen atoms in total. The van der Waals surface area contributed by atoms with Crippen molar-refractivity contribution in [2.75, 3.05) is 5.32 Å². The van der Waals surface area contributed by atoms with Crippen LogP contribution in [0.3, 0.4) is 0 Å². The van der Waals surface area contributed by atoms with E-state index < -0.39 is 0 Å². The van der Waals surface area contributed by atoms with Gasteiger partial charge in [0.05, 0.1) is 24.8 Å². The maximum absolute atomic E-state index is 9.25. The SMILES string of the molecule is OCc1ccncc1NCc1ccc2occc2c1. The number of pyridine rings is 1. The maximum atomic E-state index is 9.25. The van der Waals surface area contributed by atoms with Gasteiger partial charge in [-0.05, 0) is 29.8 Å². The van der Waals surface area contributed by atoms with Gasteiger partial charge in [-0.25, -0.2) is 0 Å². The zero-order valence-corrected chi connectivity index (χ0v) is 10.3. The van der Waals surface area contributed by atoms with Gasteiger partial charge in [-0.3, -0.25) is 4.98 Å². The average Bonchev–Trinajstić information content (AvgIpc) is 2.93. The number of nitrogens with one attached hydrogen (secondary N) is 1. The largest absolute Gasteiger partial charge is 0.464 e. The van der Waals surface area contributed by atoms with Crippen LogP contribution in [0, 0.1) is 0 Å². The number of aromatic nitrogens is 1. The molecule has 3 rings (SSSR count). The molecule has 0 aliphatic carbocycles. The standard InChI is InChI=1S/C15H14N2O2/c18-10-13-3-5-16-9-14(13)17-8-11-1-2-15-12(7-11)4-6-19-15/h1-7,9,17-18H,8,10H2. The molecule has 2 aromatic heterocycles. The van der Waals surface area contributed by atoms with E-state index in [-0.39, 0.29) is 6.61 Å². The number of aliphatic hydroxyl groups is 1. The average molecular weight is 254 g/mol. The van der Waals surface area contributed by atoms with E-state index in [4.69, 9.17) is 4.42 Å². The Bertz CT molecular complexity index is 691. The molecule has 3 aromatic rings. The second-order valence-corrected chi connectivity index (χ2v) is 4.34. The third kappa shape index (κ3) is 2.44. The Balaban J connectivity index is 1.78. The molecule has 0 atom stereocenters. The monoisotopic (exact) mass is 254 g/mol. The molecule has 0 radical (unpaired) electrons. The first-order valence-electron chi connectivity index (χ1n) is 6.10. The summed E-state index contributed by atoms with van der Waals surface area (Å²) >= 11 is 0. The number of anilines is 1. The Morgan fingerprint density at radius 3 is 3.05 bits per heavy atom. The van der Waals surface area contributed by atoms with Gasteiger partial charge in [0.15, 0.2) is 0 Å². The molecule has 0 bridgehead atoms. The summed E-state index contributed by atoms with van der Waals surface area (Å²) in [5.41, 5.74) is 3.75. The number of hydrogen-bond donors (Lipinski definition) is 2. The molecule has 0 saturated heterocycles. The first-order chi connectivity index (χ1) is 9.36. The lowest BCUT2D eigenvalue weighted by Crippen LogP contribution is -2.02. The first kappa shape index (κ1) is 11.7. The number of furan rings is 1. The maximum Gasteiger partial charge on any atom is 0.133 e. The molecule has 0 unspecified atom stereocenters. The Labute approximate surface area is 110 Å². The summed E-state index contributed by atoms with van der Waals surface area (Å²) in [5, 5.41) is 13.6. The molecule has 4 heteroatoms. The lowest BCUT2D eigenvalue weighted by atomic mass is 10.1. The number of aliphatic hydroxyl groups excluding tert-OH is 1. The second kappa shape index (κ2) is 5.12. The van der Waals surface area contributed by atoms with Gasteiger partial charge in [-0.1, -0.05) is 6.07 Å². The van der Waals surface area contributed by atoms with Gasteiger partial charge in [0.2, 0.25) is 0 Å². The zero-order chi connectivity index (χ0) is 13.1. The highest BCUT2D eigenvalue weighted by molar-refractivity contribution is 5.77. The van der Waals surface area contributed by atoms with E-state index in [2.05, 4.69) is 16.4 Å². The van der Waals surface area contributed by atoms with Crippen molar-refractivity contribution in [2.45, 2.75) is 13.2 Å². The van der Waals surface area contributed by atoms with Gasteiger partial charge in [-0.2, -0.15) is 0 Å². The normalized spacial score (nSPS) is 10.8. The summed E-state index contributed by atoms with van der Waals surface area (Å²) in [5.74, 6) is 0. The molecule has 0 amide bonds. The van der Waals surface area contributed by atoms with Crippen molar-refractivity contribution in [1.29, 1.82) is 0 Å². The highest BCUT2D eigenvalue weighted by atomic mass is 16.3. The van der Waals surface area contributed by atoms with Crippen molar-refractivity contribution in [1.82, 2.24) is 4.98 Å². The number of benzene rings is 1. The zero-order valence-electron chi connectivity index (χ0n) is 10.3. The summed E-state index contributed by atoms with van der Waals surface area (Å²) < 4.78 is 5.31. The molecular formula is C15H14N2O2. The van der Waals surface area contributed by atoms with E-state index >= 15 is 0 Å². The van der Waals surface area contributed by atoms with Crippen molar-refractivity contribution in [3.63, 3.8) is 0 Å². The van der Waals surface area contributed by atoms with Crippen LogP contribution >= 0.6 is 0 Å². The van der Waals surface area contributed by atoms with Crippen LogP contribution in [0.2, 0.25) is 0 Å². The van der Waals surface area contributed by atoms with E-state index in [0.717, 1.165) is 27.8 Å². The van der Waals surface area contributed by atoms with Crippen LogP contribution in [0.15, 0.2) is 53.4 Å². The van der Waals surface area contributed by atoms with Gasteiger partial charge >= 0.3 is 0 Å². The quantitative estimate of drug-likeness (QED) is 0.751. The third-order valence-corrected chi connectivity index (χ3v) is 3.08. The molecule has 19 heavy (non-hydrogen) atoms. The molecule has 0 aliphatic rings. The summed E-state index contributed by atoms with van der Waals surface area (Å²) in [6, 6.07) is 9.82. The summed E-state index contributed by atoms with van der Waals surface area (Å²) in [7, 11) is 0. The highest BCUT2D eigenvalue weighted by Crippen LogP contribution is 2.19. The molecule has 0 fully saturated rings. The minimum Gasteiger partial charge on any atom is -0.464 e. The minimum absolute atomic E-state index is 0.00557. The van der Waals surface area contributed by atoms with Crippen LogP contribution < -0.4 is 5.32 Å². The van der Waals surface area contributed by atoms with E-state index in [1.807, 2.05) is 24.3 Å². The highest BCUT2D eigenvalue weighted by Gasteiger charge is 2.02. The molecule has 0 saturated carbocycles. The topological polar surface area (TPSA) is 58.3 Å². The fourth-order valence-electron chi connectivity index (χ4n) is 2.04. The summed E-state index contributed by atoms with van der Waals surface area (Å²) in [6.45, 7) is 0.686. The van der Waals surface area contributed by atoms with E-state index in [0.29, 0.717) is 6.54 Å². The van der Waals surface area contributed by atoms with Crippen molar-refractivity contribution in [2.24, 2.45) is 0 Å². The Hall–Kier alpha value is -2.33. The Morgan fingerprint density at radius 2 is 2.16 bits per heavy atom. The predicted octanol–water partition coefficient (Wildman–Crippen LogP) is 2.93. The van der Waals surface area contributed by atoms with Gasteiger partial charge < -0.3 is 14.8 Å². The Morgan fingerprint density at radius 1 is 1.21 bits per heavy atom. The van der Waals surface area contributed by atoms with E-state index in [1.165, 1.54) is 0 Å². The molecule has 96 valence electrons. The number of hydrogen-bond acceptors (Lipinski definition) is 4. The van der Waals surface area contributed by atoms with Crippen LogP contribution in [0.25, 0.3) is 11.0 Å². The van der Waals surface area contributed by atoms with Gasteiger partial charge in [-0.15, -0.1) is 0 Å². The summed E-state index contributed by atoms with van der Waals surface area (Å²) in [6.07, 6.45) is 5.09. The molecule has 0 spiro atoms. The lowest BCUT2D eigenvalue weighted by Gasteiger charge is -2.09. The fourth-order valence-corrected chi connectivity index (χ4v) is 2.04. The third-order valence-electron chi connectivity index (χ3n) is 3.08. The van der Waals surface area contributed by atoms with Crippen molar-refractivity contribution in [3.05, 3.63) is 60.1 Å². The number of fused-ring (bicyclic) bond motifs is 1. The van der Waals surface area contributed by atoms with E-state index in [1.54, 1.807) is 18.7 Å². The molecule has 2 N–H and O–H groups in total. The van der Waals surface area contributed by atoms with Gasteiger partial charge in [0, 0.05) is 23.7 Å². The van der Waals surface area contributed by atoms with Crippen LogP contribution in [0.4, 0.5) is 5.69 Å². The second-order valence-electron chi connectivity index (χ2n) is 4.34. The Kier molecular flexibility index (Phi) is 3.16. The van der Waals surface area contributed by atoms with Gasteiger partial charge in [0.25, 0.3) is 0 Å². The number of nitrogens with zero attached hydrogens (tertiary/aromatic N) is 1. The van der Waals surface area contributed by atoms with Crippen molar-refractivity contribution >= 4 is 16.7 Å². The van der Waals surface area contributed by atoms with Crippen molar-refractivity contribution in [3.8, 4) is 0 Å². The van der Waals surface area contributed by atoms with Crippen LogP contribution in [0.5, 0.6) is 0 Å². The molecule has 0 aliphatic heterocycles. The van der Waals surface area contributed by atoms with Crippen LogP contribution in [-0.2, 0) is 13.2 Å². The molecular weight excluding hydrogens is 240 g/mol. The van der Waals surface area contributed by atoms with E-state index in [9.17, 15) is 5.11 Å². The minimum atomic E-state index is 0.00557. The van der Waals surface area contributed by atoms with Crippen molar-refractivity contribution < 1.29 is 9.52 Å². The molecule has 2 heterocycles. The fraction of sp³-hybridized carbons (Fsp3) is 0.133.